The molecule has 21 heavy (non-hydrogen) atoms. The number of aryl methyl sites for hydroxylation is 1. The minimum Gasteiger partial charge on any atom is -0.347 e. The number of hydrogen-bond donors (Lipinski definition) is 1. The first-order valence-corrected chi connectivity index (χ1v) is 8.78. The maximum atomic E-state index is 4.73. The van der Waals surface area contributed by atoms with E-state index in [1.807, 2.05) is 6.07 Å². The summed E-state index contributed by atoms with van der Waals surface area (Å²) >= 11 is 5.30. The zero-order chi connectivity index (χ0) is 15.4. The summed E-state index contributed by atoms with van der Waals surface area (Å²) in [4.78, 5) is 8.26. The number of nitrogens with zero attached hydrogens (tertiary/aromatic N) is 2. The average molecular weight is 368 g/mol. The van der Waals surface area contributed by atoms with E-state index in [1.54, 1.807) is 11.3 Å². The summed E-state index contributed by atoms with van der Waals surface area (Å²) in [5.41, 5.74) is 2.41. The molecule has 0 saturated carbocycles. The van der Waals surface area contributed by atoms with Crippen molar-refractivity contribution in [1.29, 1.82) is 0 Å². The molecule has 1 aromatic heterocycles. The zero-order valence-corrected chi connectivity index (χ0v) is 15.4. The van der Waals surface area contributed by atoms with Gasteiger partial charge in [0, 0.05) is 29.0 Å². The molecule has 0 aliphatic carbocycles. The van der Waals surface area contributed by atoms with E-state index in [-0.39, 0.29) is 0 Å². The minimum atomic E-state index is 0.362. The van der Waals surface area contributed by atoms with Crippen molar-refractivity contribution in [1.82, 2.24) is 10.3 Å². The van der Waals surface area contributed by atoms with E-state index >= 15 is 0 Å². The first-order chi connectivity index (χ1) is 10.0. The number of anilines is 1. The van der Waals surface area contributed by atoms with Gasteiger partial charge in [0.05, 0.1) is 5.69 Å². The minimum absolute atomic E-state index is 0.362. The van der Waals surface area contributed by atoms with E-state index in [2.05, 4.69) is 72.2 Å². The summed E-state index contributed by atoms with van der Waals surface area (Å²) in [7, 11) is 2.10. The highest BCUT2D eigenvalue weighted by Gasteiger charge is 2.15. The summed E-state index contributed by atoms with van der Waals surface area (Å²) in [6, 6.07) is 8.77. The lowest BCUT2D eigenvalue weighted by molar-refractivity contribution is 0.603. The van der Waals surface area contributed by atoms with Gasteiger partial charge in [0.2, 0.25) is 0 Å². The van der Waals surface area contributed by atoms with Crippen LogP contribution in [0.4, 0.5) is 5.13 Å². The lowest BCUT2D eigenvalue weighted by Crippen LogP contribution is -2.17. The van der Waals surface area contributed by atoms with Crippen LogP contribution in [0.3, 0.4) is 0 Å². The third kappa shape index (κ3) is 4.28. The number of nitrogens with one attached hydrogen (secondary N) is 1. The van der Waals surface area contributed by atoms with Gasteiger partial charge in [0.25, 0.3) is 0 Å². The van der Waals surface area contributed by atoms with Crippen molar-refractivity contribution in [3.05, 3.63) is 44.9 Å². The second-order valence-electron chi connectivity index (χ2n) is 5.21. The molecule has 0 bridgehead atoms. The Morgan fingerprint density at radius 2 is 2.19 bits per heavy atom. The molecule has 114 valence electrons. The van der Waals surface area contributed by atoms with Crippen molar-refractivity contribution < 1.29 is 0 Å². The smallest absolute Gasteiger partial charge is 0.185 e. The quantitative estimate of drug-likeness (QED) is 0.813. The predicted molar refractivity (Wildman–Crippen MR) is 95.2 cm³/mol. The number of thiazole rings is 1. The van der Waals surface area contributed by atoms with Gasteiger partial charge in [-0.3, -0.25) is 0 Å². The number of aromatic nitrogens is 1. The van der Waals surface area contributed by atoms with Crippen LogP contribution in [0.15, 0.2) is 28.7 Å². The molecular weight excluding hydrogens is 346 g/mol. The number of hydrogen-bond acceptors (Lipinski definition) is 4. The van der Waals surface area contributed by atoms with Gasteiger partial charge in [0.1, 0.15) is 0 Å². The third-order valence-electron chi connectivity index (χ3n) is 3.36. The maximum Gasteiger partial charge on any atom is 0.185 e. The SMILES string of the molecule is CCNC(C)c1sc(N(C)Cc2cccc(Br)c2)nc1C. The molecule has 2 rings (SSSR count). The highest BCUT2D eigenvalue weighted by Crippen LogP contribution is 2.30. The molecule has 1 unspecified atom stereocenters. The lowest BCUT2D eigenvalue weighted by atomic mass is 10.2. The van der Waals surface area contributed by atoms with Crippen molar-refractivity contribution in [2.45, 2.75) is 33.4 Å². The molecule has 5 heteroatoms. The molecule has 0 amide bonds. The van der Waals surface area contributed by atoms with E-state index in [1.165, 1.54) is 10.4 Å². The highest BCUT2D eigenvalue weighted by molar-refractivity contribution is 9.10. The van der Waals surface area contributed by atoms with Crippen LogP contribution >= 0.6 is 27.3 Å². The Morgan fingerprint density at radius 3 is 2.86 bits per heavy atom. The van der Waals surface area contributed by atoms with Gasteiger partial charge >= 0.3 is 0 Å². The van der Waals surface area contributed by atoms with Crippen LogP contribution in [0.25, 0.3) is 0 Å². The normalized spacial score (nSPS) is 12.4. The molecule has 1 aromatic carbocycles. The molecule has 2 aromatic rings. The monoisotopic (exact) mass is 367 g/mol. The van der Waals surface area contributed by atoms with E-state index < -0.39 is 0 Å². The van der Waals surface area contributed by atoms with Crippen molar-refractivity contribution in [2.75, 3.05) is 18.5 Å². The summed E-state index contributed by atoms with van der Waals surface area (Å²) in [6.07, 6.45) is 0. The van der Waals surface area contributed by atoms with Crippen molar-refractivity contribution in [3.8, 4) is 0 Å². The molecule has 0 fully saturated rings. The van der Waals surface area contributed by atoms with Gasteiger partial charge in [-0.2, -0.15) is 0 Å². The molecule has 1 N–H and O–H groups in total. The summed E-state index contributed by atoms with van der Waals surface area (Å²) in [5.74, 6) is 0. The maximum absolute atomic E-state index is 4.73. The fourth-order valence-corrected chi connectivity index (χ4v) is 3.83. The Bertz CT molecular complexity index is 597. The molecule has 0 aliphatic heterocycles. The largest absolute Gasteiger partial charge is 0.347 e. The van der Waals surface area contributed by atoms with Gasteiger partial charge in [-0.1, -0.05) is 35.0 Å². The predicted octanol–water partition coefficient (Wildman–Crippen LogP) is 4.52. The first-order valence-electron chi connectivity index (χ1n) is 7.17. The lowest BCUT2D eigenvalue weighted by Gasteiger charge is -2.16. The molecule has 0 radical (unpaired) electrons. The van der Waals surface area contributed by atoms with E-state index in [0.717, 1.165) is 28.4 Å². The molecule has 1 atom stereocenters. The Labute approximate surface area is 139 Å². The average Bonchev–Trinajstić information content (AvgIpc) is 2.81. The van der Waals surface area contributed by atoms with Gasteiger partial charge in [-0.25, -0.2) is 4.98 Å². The van der Waals surface area contributed by atoms with E-state index in [4.69, 9.17) is 4.98 Å². The Kier molecular flexibility index (Phi) is 5.79. The molecule has 1 heterocycles. The number of rotatable bonds is 6. The molecule has 0 spiro atoms. The van der Waals surface area contributed by atoms with Crippen LogP contribution < -0.4 is 10.2 Å². The topological polar surface area (TPSA) is 28.2 Å². The Morgan fingerprint density at radius 1 is 1.43 bits per heavy atom. The van der Waals surface area contributed by atoms with Crippen LogP contribution in [0.1, 0.15) is 36.0 Å². The van der Waals surface area contributed by atoms with Gasteiger partial charge in [0.15, 0.2) is 5.13 Å². The second-order valence-corrected chi connectivity index (χ2v) is 7.14. The van der Waals surface area contributed by atoms with Crippen LogP contribution in [0.5, 0.6) is 0 Å². The van der Waals surface area contributed by atoms with Crippen molar-refractivity contribution >= 4 is 32.4 Å². The molecule has 0 aliphatic rings. The Balaban J connectivity index is 2.12. The number of benzene rings is 1. The molecular formula is C16H22BrN3S. The van der Waals surface area contributed by atoms with E-state index in [9.17, 15) is 0 Å². The van der Waals surface area contributed by atoms with Crippen LogP contribution in [0, 0.1) is 6.92 Å². The van der Waals surface area contributed by atoms with E-state index in [0.29, 0.717) is 6.04 Å². The van der Waals surface area contributed by atoms with Gasteiger partial charge < -0.3 is 10.2 Å². The highest BCUT2D eigenvalue weighted by atomic mass is 79.9. The summed E-state index contributed by atoms with van der Waals surface area (Å²) in [5, 5.41) is 4.53. The zero-order valence-electron chi connectivity index (χ0n) is 13.0. The van der Waals surface area contributed by atoms with Crippen LogP contribution in [-0.2, 0) is 6.54 Å². The van der Waals surface area contributed by atoms with Crippen molar-refractivity contribution in [3.63, 3.8) is 0 Å². The standard InChI is InChI=1S/C16H22BrN3S/c1-5-18-11(2)15-12(3)19-16(21-15)20(4)10-13-7-6-8-14(17)9-13/h6-9,11,18H,5,10H2,1-4H3. The summed E-state index contributed by atoms with van der Waals surface area (Å²) < 4.78 is 1.12. The fraction of sp³-hybridized carbons (Fsp3) is 0.438. The Hall–Kier alpha value is -0.910. The summed E-state index contributed by atoms with van der Waals surface area (Å²) in [6.45, 7) is 8.26. The molecule has 3 nitrogen and oxygen atoms in total. The van der Waals surface area contributed by atoms with Crippen LogP contribution in [0.2, 0.25) is 0 Å². The number of halogens is 1. The third-order valence-corrected chi connectivity index (χ3v) is 5.31. The van der Waals surface area contributed by atoms with Gasteiger partial charge in [-0.15, -0.1) is 11.3 Å². The van der Waals surface area contributed by atoms with Crippen LogP contribution in [-0.4, -0.2) is 18.6 Å². The van der Waals surface area contributed by atoms with Crippen molar-refractivity contribution in [2.24, 2.45) is 0 Å². The fourth-order valence-electron chi connectivity index (χ4n) is 2.33. The van der Waals surface area contributed by atoms with Gasteiger partial charge in [-0.05, 0) is 38.1 Å². The second kappa shape index (κ2) is 7.38. The molecule has 0 saturated heterocycles. The first kappa shape index (κ1) is 16.5.